The summed E-state index contributed by atoms with van der Waals surface area (Å²) in [6.07, 6.45) is 2.62. The van der Waals surface area contributed by atoms with E-state index < -0.39 is 6.09 Å². The molecule has 1 amide bonds. The molecule has 0 aliphatic rings. The zero-order valence-corrected chi connectivity index (χ0v) is 14.6. The van der Waals surface area contributed by atoms with Crippen molar-refractivity contribution >= 4 is 17.6 Å². The SMILES string of the molecule is CC(=O)c1ccc(Cn2cc(NC(=O)OCc3ccccc3C)cn2)o1. The number of carbonyl (C=O) groups excluding carboxylic acids is 2. The van der Waals surface area contributed by atoms with E-state index in [-0.39, 0.29) is 12.4 Å². The molecule has 0 fully saturated rings. The van der Waals surface area contributed by atoms with Crippen molar-refractivity contribution in [1.29, 1.82) is 0 Å². The molecule has 0 atom stereocenters. The number of nitrogens with zero attached hydrogens (tertiary/aromatic N) is 2. The van der Waals surface area contributed by atoms with Gasteiger partial charge in [0.1, 0.15) is 12.4 Å². The normalized spacial score (nSPS) is 10.5. The van der Waals surface area contributed by atoms with Crippen molar-refractivity contribution in [3.63, 3.8) is 0 Å². The molecule has 2 aromatic heterocycles. The van der Waals surface area contributed by atoms with E-state index in [0.29, 0.717) is 23.8 Å². The van der Waals surface area contributed by atoms with Crippen LogP contribution in [0.15, 0.2) is 53.2 Å². The predicted molar refractivity (Wildman–Crippen MR) is 95.0 cm³/mol. The predicted octanol–water partition coefficient (Wildman–Crippen LogP) is 3.78. The Balaban J connectivity index is 1.53. The smallest absolute Gasteiger partial charge is 0.412 e. The molecule has 26 heavy (non-hydrogen) atoms. The molecule has 2 heterocycles. The van der Waals surface area contributed by atoms with Crippen LogP contribution in [0, 0.1) is 6.92 Å². The standard InChI is InChI=1S/C19H19N3O4/c1-13-5-3-4-6-15(13)12-25-19(24)21-16-9-20-22(10-16)11-17-7-8-18(26-17)14(2)23/h3-10H,11-12H2,1-2H3,(H,21,24). The molecule has 0 aliphatic carbocycles. The molecular weight excluding hydrogens is 334 g/mol. The summed E-state index contributed by atoms with van der Waals surface area (Å²) in [6, 6.07) is 11.1. The molecule has 7 heteroatoms. The van der Waals surface area contributed by atoms with E-state index in [1.165, 1.54) is 13.1 Å². The number of Topliss-reactive ketones (excluding diaryl/α,β-unsaturated/α-hetero) is 1. The Bertz CT molecular complexity index is 926. The number of aromatic nitrogens is 2. The first kappa shape index (κ1) is 17.5. The largest absolute Gasteiger partial charge is 0.456 e. The van der Waals surface area contributed by atoms with Gasteiger partial charge in [0.2, 0.25) is 0 Å². The second kappa shape index (κ2) is 7.69. The highest BCUT2D eigenvalue weighted by molar-refractivity contribution is 5.91. The van der Waals surface area contributed by atoms with E-state index in [4.69, 9.17) is 9.15 Å². The average molecular weight is 353 g/mol. The molecule has 3 rings (SSSR count). The Morgan fingerprint density at radius 3 is 2.77 bits per heavy atom. The lowest BCUT2D eigenvalue weighted by Crippen LogP contribution is -2.13. The second-order valence-electron chi connectivity index (χ2n) is 5.88. The van der Waals surface area contributed by atoms with Crippen molar-refractivity contribution in [1.82, 2.24) is 9.78 Å². The first-order valence-electron chi connectivity index (χ1n) is 8.11. The second-order valence-corrected chi connectivity index (χ2v) is 5.88. The molecule has 0 aliphatic heterocycles. The summed E-state index contributed by atoms with van der Waals surface area (Å²) in [5, 5.41) is 6.78. The van der Waals surface area contributed by atoms with Gasteiger partial charge in [0.05, 0.1) is 18.4 Å². The Morgan fingerprint density at radius 2 is 2.04 bits per heavy atom. The lowest BCUT2D eigenvalue weighted by atomic mass is 10.1. The molecule has 134 valence electrons. The van der Waals surface area contributed by atoms with Crippen LogP contribution in [0.2, 0.25) is 0 Å². The first-order chi connectivity index (χ1) is 12.5. The summed E-state index contributed by atoms with van der Waals surface area (Å²) < 4.78 is 12.2. The molecule has 0 saturated heterocycles. The quantitative estimate of drug-likeness (QED) is 0.682. The molecular formula is C19H19N3O4. The maximum Gasteiger partial charge on any atom is 0.412 e. The number of hydrogen-bond donors (Lipinski definition) is 1. The first-order valence-corrected chi connectivity index (χ1v) is 8.11. The van der Waals surface area contributed by atoms with E-state index in [9.17, 15) is 9.59 Å². The highest BCUT2D eigenvalue weighted by Gasteiger charge is 2.10. The van der Waals surface area contributed by atoms with E-state index >= 15 is 0 Å². The maximum atomic E-state index is 11.9. The zero-order chi connectivity index (χ0) is 18.5. The van der Waals surface area contributed by atoms with Gasteiger partial charge in [0.15, 0.2) is 11.5 Å². The van der Waals surface area contributed by atoms with Crippen molar-refractivity contribution in [2.45, 2.75) is 27.0 Å². The molecule has 3 aromatic rings. The minimum Gasteiger partial charge on any atom is -0.456 e. The molecule has 0 unspecified atom stereocenters. The number of amides is 1. The minimum absolute atomic E-state index is 0.129. The van der Waals surface area contributed by atoms with Gasteiger partial charge in [0, 0.05) is 13.1 Å². The number of anilines is 1. The van der Waals surface area contributed by atoms with Crippen LogP contribution in [0.3, 0.4) is 0 Å². The van der Waals surface area contributed by atoms with Crippen molar-refractivity contribution in [3.05, 3.63) is 71.4 Å². The summed E-state index contributed by atoms with van der Waals surface area (Å²) in [4.78, 5) is 23.2. The third-order valence-electron chi connectivity index (χ3n) is 3.83. The van der Waals surface area contributed by atoms with Gasteiger partial charge in [-0.05, 0) is 30.2 Å². The molecule has 0 radical (unpaired) electrons. The topological polar surface area (TPSA) is 86.4 Å². The number of aryl methyl sites for hydroxylation is 1. The Labute approximate surface area is 150 Å². The van der Waals surface area contributed by atoms with Crippen LogP contribution < -0.4 is 5.32 Å². The van der Waals surface area contributed by atoms with E-state index in [0.717, 1.165) is 11.1 Å². The molecule has 0 saturated carbocycles. The highest BCUT2D eigenvalue weighted by Crippen LogP contribution is 2.13. The minimum atomic E-state index is -0.551. The number of furan rings is 1. The van der Waals surface area contributed by atoms with E-state index in [1.807, 2.05) is 31.2 Å². The summed E-state index contributed by atoms with van der Waals surface area (Å²) in [5.74, 6) is 0.785. The van der Waals surface area contributed by atoms with Crippen molar-refractivity contribution in [3.8, 4) is 0 Å². The fourth-order valence-electron chi connectivity index (χ4n) is 2.40. The highest BCUT2D eigenvalue weighted by atomic mass is 16.5. The van der Waals surface area contributed by atoms with Crippen molar-refractivity contribution in [2.24, 2.45) is 0 Å². The van der Waals surface area contributed by atoms with Crippen LogP contribution >= 0.6 is 0 Å². The number of ether oxygens (including phenoxy) is 1. The lowest BCUT2D eigenvalue weighted by Gasteiger charge is -2.07. The van der Waals surface area contributed by atoms with Crippen molar-refractivity contribution in [2.75, 3.05) is 5.32 Å². The maximum absolute atomic E-state index is 11.9. The molecule has 1 N–H and O–H groups in total. The van der Waals surface area contributed by atoms with Crippen LogP contribution in [-0.4, -0.2) is 21.7 Å². The molecule has 0 bridgehead atoms. The Morgan fingerprint density at radius 1 is 1.23 bits per heavy atom. The van der Waals surface area contributed by atoms with Crippen LogP contribution in [0.25, 0.3) is 0 Å². The summed E-state index contributed by atoms with van der Waals surface area (Å²) >= 11 is 0. The molecule has 1 aromatic carbocycles. The summed E-state index contributed by atoms with van der Waals surface area (Å²) in [5.41, 5.74) is 2.53. The van der Waals surface area contributed by atoms with Crippen LogP contribution in [0.5, 0.6) is 0 Å². The van der Waals surface area contributed by atoms with Gasteiger partial charge in [-0.2, -0.15) is 5.10 Å². The monoisotopic (exact) mass is 353 g/mol. The van der Waals surface area contributed by atoms with Gasteiger partial charge in [-0.3, -0.25) is 14.8 Å². The number of benzene rings is 1. The fourth-order valence-corrected chi connectivity index (χ4v) is 2.40. The number of rotatable bonds is 6. The number of ketones is 1. The zero-order valence-electron chi connectivity index (χ0n) is 14.6. The molecule has 7 nitrogen and oxygen atoms in total. The Kier molecular flexibility index (Phi) is 5.17. The number of carbonyl (C=O) groups is 2. The van der Waals surface area contributed by atoms with Gasteiger partial charge in [-0.25, -0.2) is 4.79 Å². The third kappa shape index (κ3) is 4.38. The van der Waals surface area contributed by atoms with Crippen LogP contribution in [-0.2, 0) is 17.9 Å². The van der Waals surface area contributed by atoms with Crippen LogP contribution in [0.4, 0.5) is 10.5 Å². The third-order valence-corrected chi connectivity index (χ3v) is 3.83. The number of nitrogens with one attached hydrogen (secondary N) is 1. The summed E-state index contributed by atoms with van der Waals surface area (Å²) in [7, 11) is 0. The van der Waals surface area contributed by atoms with Crippen molar-refractivity contribution < 1.29 is 18.7 Å². The molecule has 0 spiro atoms. The van der Waals surface area contributed by atoms with Gasteiger partial charge in [0.25, 0.3) is 0 Å². The van der Waals surface area contributed by atoms with E-state index in [2.05, 4.69) is 10.4 Å². The number of hydrogen-bond acceptors (Lipinski definition) is 5. The van der Waals surface area contributed by atoms with Crippen LogP contribution in [0.1, 0.15) is 34.4 Å². The average Bonchev–Trinajstić information content (AvgIpc) is 3.24. The van der Waals surface area contributed by atoms with Gasteiger partial charge < -0.3 is 9.15 Å². The fraction of sp³-hybridized carbons (Fsp3) is 0.211. The summed E-state index contributed by atoms with van der Waals surface area (Å²) in [6.45, 7) is 3.97. The lowest BCUT2D eigenvalue weighted by molar-refractivity contribution is 0.0985. The van der Waals surface area contributed by atoms with Gasteiger partial charge in [-0.15, -0.1) is 0 Å². The van der Waals surface area contributed by atoms with Gasteiger partial charge >= 0.3 is 6.09 Å². The van der Waals surface area contributed by atoms with Gasteiger partial charge in [-0.1, -0.05) is 24.3 Å². The Hall–Kier alpha value is -3.35. The van der Waals surface area contributed by atoms with E-state index in [1.54, 1.807) is 23.0 Å².